The van der Waals surface area contributed by atoms with E-state index >= 15 is 0 Å². The summed E-state index contributed by atoms with van der Waals surface area (Å²) >= 11 is 0. The summed E-state index contributed by atoms with van der Waals surface area (Å²) in [6, 6.07) is 11.5. The van der Waals surface area contributed by atoms with E-state index in [1.165, 1.54) is 13.2 Å². The van der Waals surface area contributed by atoms with Gasteiger partial charge in [-0.1, -0.05) is 12.1 Å². The summed E-state index contributed by atoms with van der Waals surface area (Å²) in [6.07, 6.45) is 3.76. The lowest BCUT2D eigenvalue weighted by Crippen LogP contribution is -2.20. The van der Waals surface area contributed by atoms with Crippen LogP contribution in [0.2, 0.25) is 0 Å². The van der Waals surface area contributed by atoms with Crippen LogP contribution < -0.4 is 10.2 Å². The Morgan fingerprint density at radius 1 is 1.15 bits per heavy atom. The van der Waals surface area contributed by atoms with Crippen LogP contribution in [-0.4, -0.2) is 33.1 Å². The maximum atomic E-state index is 11.9. The first-order chi connectivity index (χ1) is 12.5. The first-order valence-electron chi connectivity index (χ1n) is 8.35. The molecule has 2 aromatic rings. The van der Waals surface area contributed by atoms with E-state index in [0.29, 0.717) is 24.5 Å². The van der Waals surface area contributed by atoms with Gasteiger partial charge in [-0.25, -0.2) is 0 Å². The summed E-state index contributed by atoms with van der Waals surface area (Å²) in [4.78, 5) is 25.1. The molecule has 0 unspecified atom stereocenters. The zero-order valence-corrected chi connectivity index (χ0v) is 15.3. The van der Waals surface area contributed by atoms with Gasteiger partial charge in [0.05, 0.1) is 13.5 Å². The Morgan fingerprint density at radius 2 is 1.88 bits per heavy atom. The highest BCUT2D eigenvalue weighted by Crippen LogP contribution is 2.13. The van der Waals surface area contributed by atoms with E-state index in [-0.39, 0.29) is 18.3 Å². The minimum absolute atomic E-state index is 0.200. The monoisotopic (exact) mass is 356 g/mol. The van der Waals surface area contributed by atoms with Crippen molar-refractivity contribution < 1.29 is 18.7 Å². The number of furan rings is 1. The molecule has 26 heavy (non-hydrogen) atoms. The van der Waals surface area contributed by atoms with Crippen LogP contribution in [0.15, 0.2) is 46.9 Å². The number of nitrogens with zero attached hydrogens (tertiary/aromatic N) is 1. The second-order valence-electron chi connectivity index (χ2n) is 5.99. The highest BCUT2D eigenvalue weighted by molar-refractivity contribution is 5.91. The number of amides is 1. The van der Waals surface area contributed by atoms with Crippen LogP contribution in [0.1, 0.15) is 23.5 Å². The van der Waals surface area contributed by atoms with Gasteiger partial charge < -0.3 is 19.4 Å². The van der Waals surface area contributed by atoms with E-state index in [1.54, 1.807) is 18.2 Å². The summed E-state index contributed by atoms with van der Waals surface area (Å²) < 4.78 is 10.1. The number of hydrogen-bond donors (Lipinski definition) is 1. The Labute approximate surface area is 153 Å². The lowest BCUT2D eigenvalue weighted by molar-refractivity contribution is -0.140. The van der Waals surface area contributed by atoms with Crippen molar-refractivity contribution in [3.05, 3.63) is 59.6 Å². The van der Waals surface area contributed by atoms with Gasteiger partial charge in [-0.15, -0.1) is 0 Å². The molecule has 0 saturated heterocycles. The molecule has 0 aliphatic rings. The maximum Gasteiger partial charge on any atom is 0.305 e. The Bertz CT molecular complexity index is 760. The largest absolute Gasteiger partial charge is 0.469 e. The molecular formula is C20H24N2O4. The van der Waals surface area contributed by atoms with Gasteiger partial charge in [-0.05, 0) is 35.9 Å². The van der Waals surface area contributed by atoms with Gasteiger partial charge >= 0.3 is 5.97 Å². The van der Waals surface area contributed by atoms with Crippen LogP contribution >= 0.6 is 0 Å². The quantitative estimate of drug-likeness (QED) is 0.582. The number of methoxy groups -OCH3 is 1. The van der Waals surface area contributed by atoms with Crippen molar-refractivity contribution in [3.63, 3.8) is 0 Å². The molecule has 1 N–H and O–H groups in total. The van der Waals surface area contributed by atoms with E-state index in [4.69, 9.17) is 4.42 Å². The van der Waals surface area contributed by atoms with Gasteiger partial charge in [0, 0.05) is 38.8 Å². The van der Waals surface area contributed by atoms with Crippen LogP contribution in [0.5, 0.6) is 0 Å². The number of aryl methyl sites for hydroxylation is 1. The molecule has 0 fully saturated rings. The molecule has 0 bridgehead atoms. The van der Waals surface area contributed by atoms with Crippen LogP contribution in [-0.2, 0) is 27.3 Å². The molecule has 0 spiro atoms. The molecule has 6 nitrogen and oxygen atoms in total. The number of carbonyl (C=O) groups excluding carboxylic acids is 2. The van der Waals surface area contributed by atoms with Crippen molar-refractivity contribution >= 4 is 23.6 Å². The Balaban J connectivity index is 1.80. The molecule has 6 heteroatoms. The number of anilines is 1. The van der Waals surface area contributed by atoms with Gasteiger partial charge in [0.2, 0.25) is 5.91 Å². The lowest BCUT2D eigenvalue weighted by Gasteiger charge is -2.12. The minimum atomic E-state index is -0.281. The molecule has 138 valence electrons. The molecule has 0 radical (unpaired) electrons. The second kappa shape index (κ2) is 9.46. The zero-order valence-electron chi connectivity index (χ0n) is 15.3. The van der Waals surface area contributed by atoms with Gasteiger partial charge in [-0.3, -0.25) is 9.59 Å². The third-order valence-electron chi connectivity index (χ3n) is 3.80. The van der Waals surface area contributed by atoms with E-state index in [1.807, 2.05) is 43.3 Å². The first kappa shape index (κ1) is 19.3. The summed E-state index contributed by atoms with van der Waals surface area (Å²) in [5.41, 5.74) is 2.14. The van der Waals surface area contributed by atoms with Crippen molar-refractivity contribution in [1.82, 2.24) is 5.32 Å². The van der Waals surface area contributed by atoms with Crippen molar-refractivity contribution in [1.29, 1.82) is 0 Å². The van der Waals surface area contributed by atoms with Crippen LogP contribution in [0.25, 0.3) is 6.08 Å². The van der Waals surface area contributed by atoms with Crippen molar-refractivity contribution in [2.45, 2.75) is 19.4 Å². The average Bonchev–Trinajstić information content (AvgIpc) is 3.11. The van der Waals surface area contributed by atoms with Crippen molar-refractivity contribution in [3.8, 4) is 0 Å². The van der Waals surface area contributed by atoms with E-state index < -0.39 is 0 Å². The molecule has 0 aliphatic carbocycles. The minimum Gasteiger partial charge on any atom is -0.469 e. The number of benzene rings is 1. The topological polar surface area (TPSA) is 71.8 Å². The van der Waals surface area contributed by atoms with E-state index in [0.717, 1.165) is 11.3 Å². The van der Waals surface area contributed by atoms with Gasteiger partial charge in [0.1, 0.15) is 11.5 Å². The van der Waals surface area contributed by atoms with Crippen molar-refractivity contribution in [2.24, 2.45) is 0 Å². The second-order valence-corrected chi connectivity index (χ2v) is 5.99. The normalized spacial score (nSPS) is 10.7. The molecule has 1 heterocycles. The molecule has 0 atom stereocenters. The molecule has 2 rings (SSSR count). The standard InChI is InChI=1S/C20H24N2O4/c1-22(2)16-6-4-15(5-7-16)14-21-19(23)12-10-17-8-9-18(26-17)11-13-20(24)25-3/h4-10,12H,11,13-14H2,1-3H3,(H,21,23)/b12-10+. The molecule has 1 amide bonds. The first-order valence-corrected chi connectivity index (χ1v) is 8.35. The summed E-state index contributed by atoms with van der Waals surface area (Å²) in [5.74, 6) is 0.762. The zero-order chi connectivity index (χ0) is 18.9. The molecule has 1 aromatic carbocycles. The number of carbonyl (C=O) groups is 2. The van der Waals surface area contributed by atoms with Gasteiger partial charge in [0.25, 0.3) is 0 Å². The fraction of sp³-hybridized carbons (Fsp3) is 0.300. The number of hydrogen-bond acceptors (Lipinski definition) is 5. The molecular weight excluding hydrogens is 332 g/mol. The Morgan fingerprint density at radius 3 is 2.54 bits per heavy atom. The third kappa shape index (κ3) is 6.12. The number of rotatable bonds is 8. The summed E-state index contributed by atoms with van der Waals surface area (Å²) in [7, 11) is 5.32. The predicted molar refractivity (Wildman–Crippen MR) is 101 cm³/mol. The summed E-state index contributed by atoms with van der Waals surface area (Å²) in [6.45, 7) is 0.458. The lowest BCUT2D eigenvalue weighted by atomic mass is 10.2. The predicted octanol–water partition coefficient (Wildman–Crippen LogP) is 2.78. The number of esters is 1. The molecule has 0 saturated carbocycles. The fourth-order valence-electron chi connectivity index (χ4n) is 2.26. The van der Waals surface area contributed by atoms with E-state index in [9.17, 15) is 9.59 Å². The molecule has 0 aliphatic heterocycles. The molecule has 1 aromatic heterocycles. The smallest absolute Gasteiger partial charge is 0.305 e. The van der Waals surface area contributed by atoms with Crippen LogP contribution in [0.4, 0.5) is 5.69 Å². The highest BCUT2D eigenvalue weighted by Gasteiger charge is 2.05. The maximum absolute atomic E-state index is 11.9. The number of nitrogens with one attached hydrogen (secondary N) is 1. The van der Waals surface area contributed by atoms with Crippen LogP contribution in [0, 0.1) is 0 Å². The van der Waals surface area contributed by atoms with Gasteiger partial charge in [0.15, 0.2) is 0 Å². The Hall–Kier alpha value is -3.02. The SMILES string of the molecule is COC(=O)CCc1ccc(/C=C/C(=O)NCc2ccc(N(C)C)cc2)o1. The summed E-state index contributed by atoms with van der Waals surface area (Å²) in [5, 5.41) is 2.83. The highest BCUT2D eigenvalue weighted by atomic mass is 16.5. The number of ether oxygens (including phenoxy) is 1. The third-order valence-corrected chi connectivity index (χ3v) is 3.80. The Kier molecular flexibility index (Phi) is 7.02. The van der Waals surface area contributed by atoms with Gasteiger partial charge in [-0.2, -0.15) is 0 Å². The van der Waals surface area contributed by atoms with Crippen LogP contribution in [0.3, 0.4) is 0 Å². The average molecular weight is 356 g/mol. The van der Waals surface area contributed by atoms with E-state index in [2.05, 4.69) is 10.1 Å². The van der Waals surface area contributed by atoms with Crippen molar-refractivity contribution in [2.75, 3.05) is 26.1 Å². The fourth-order valence-corrected chi connectivity index (χ4v) is 2.26.